The van der Waals surface area contributed by atoms with E-state index in [2.05, 4.69) is 10.1 Å². The lowest BCUT2D eigenvalue weighted by atomic mass is 10.2. The van der Waals surface area contributed by atoms with Gasteiger partial charge in [-0.25, -0.2) is 4.98 Å². The first-order valence-corrected chi connectivity index (χ1v) is 8.10. The molecule has 0 bridgehead atoms. The molecule has 0 saturated heterocycles. The summed E-state index contributed by atoms with van der Waals surface area (Å²) in [6, 6.07) is 15.0. The molecule has 2 aromatic carbocycles. The summed E-state index contributed by atoms with van der Waals surface area (Å²) in [6.45, 7) is 0. The molecule has 4 rings (SSSR count). The highest BCUT2D eigenvalue weighted by molar-refractivity contribution is 6.30. The SMILES string of the molecule is O=c1c2ccccc2nc(-c2ccco2)n1/N=C\c1cc(Cl)ccc1O. The van der Waals surface area contributed by atoms with E-state index in [-0.39, 0.29) is 17.1 Å². The van der Waals surface area contributed by atoms with Crippen molar-refractivity contribution in [1.29, 1.82) is 0 Å². The molecule has 4 aromatic rings. The van der Waals surface area contributed by atoms with E-state index in [1.54, 1.807) is 48.5 Å². The average Bonchev–Trinajstić information content (AvgIpc) is 3.18. The van der Waals surface area contributed by atoms with Gasteiger partial charge in [0.15, 0.2) is 5.76 Å². The van der Waals surface area contributed by atoms with Crippen molar-refractivity contribution in [3.63, 3.8) is 0 Å². The number of benzene rings is 2. The normalized spacial score (nSPS) is 11.4. The number of hydrogen-bond donors (Lipinski definition) is 1. The molecule has 0 radical (unpaired) electrons. The average molecular weight is 366 g/mol. The van der Waals surface area contributed by atoms with Crippen LogP contribution in [0, 0.1) is 0 Å². The largest absolute Gasteiger partial charge is 0.507 e. The highest BCUT2D eigenvalue weighted by Gasteiger charge is 2.14. The maximum Gasteiger partial charge on any atom is 0.282 e. The number of rotatable bonds is 3. The second-order valence-electron chi connectivity index (χ2n) is 5.49. The van der Waals surface area contributed by atoms with Crippen molar-refractivity contribution in [3.05, 3.63) is 81.8 Å². The maximum absolute atomic E-state index is 12.9. The van der Waals surface area contributed by atoms with Gasteiger partial charge in [-0.05, 0) is 42.5 Å². The molecule has 0 atom stereocenters. The number of nitrogens with zero attached hydrogens (tertiary/aromatic N) is 3. The number of phenolic OH excluding ortho intramolecular Hbond substituents is 1. The van der Waals surface area contributed by atoms with Gasteiger partial charge in [0.25, 0.3) is 5.56 Å². The summed E-state index contributed by atoms with van der Waals surface area (Å²) in [4.78, 5) is 17.4. The first-order chi connectivity index (χ1) is 12.6. The van der Waals surface area contributed by atoms with Crippen LogP contribution in [-0.4, -0.2) is 21.0 Å². The minimum Gasteiger partial charge on any atom is -0.507 e. The van der Waals surface area contributed by atoms with Crippen molar-refractivity contribution < 1.29 is 9.52 Å². The molecule has 2 aromatic heterocycles. The predicted octanol–water partition coefficient (Wildman–Crippen LogP) is 3.90. The van der Waals surface area contributed by atoms with Crippen LogP contribution < -0.4 is 5.56 Å². The molecular weight excluding hydrogens is 354 g/mol. The van der Waals surface area contributed by atoms with Gasteiger partial charge in [0.2, 0.25) is 5.82 Å². The van der Waals surface area contributed by atoms with Gasteiger partial charge in [-0.15, -0.1) is 0 Å². The van der Waals surface area contributed by atoms with Gasteiger partial charge < -0.3 is 9.52 Å². The lowest BCUT2D eigenvalue weighted by Gasteiger charge is -2.07. The van der Waals surface area contributed by atoms with Crippen LogP contribution in [-0.2, 0) is 0 Å². The van der Waals surface area contributed by atoms with E-state index < -0.39 is 0 Å². The van der Waals surface area contributed by atoms with Crippen molar-refractivity contribution in [3.8, 4) is 17.3 Å². The van der Waals surface area contributed by atoms with Gasteiger partial charge in [-0.2, -0.15) is 9.78 Å². The Kier molecular flexibility index (Phi) is 4.02. The molecule has 128 valence electrons. The molecule has 26 heavy (non-hydrogen) atoms. The fourth-order valence-corrected chi connectivity index (χ4v) is 2.73. The van der Waals surface area contributed by atoms with Crippen LogP contribution >= 0.6 is 11.6 Å². The second-order valence-corrected chi connectivity index (χ2v) is 5.93. The van der Waals surface area contributed by atoms with E-state index in [0.29, 0.717) is 27.2 Å². The van der Waals surface area contributed by atoms with E-state index in [1.165, 1.54) is 18.5 Å². The number of furan rings is 1. The van der Waals surface area contributed by atoms with Gasteiger partial charge in [-0.3, -0.25) is 4.79 Å². The Balaban J connectivity index is 1.94. The van der Waals surface area contributed by atoms with E-state index in [9.17, 15) is 9.90 Å². The molecule has 1 N–H and O–H groups in total. The maximum atomic E-state index is 12.9. The summed E-state index contributed by atoms with van der Waals surface area (Å²) in [6.07, 6.45) is 2.85. The van der Waals surface area contributed by atoms with Crippen molar-refractivity contribution in [2.75, 3.05) is 0 Å². The Hall–Kier alpha value is -3.38. The lowest BCUT2D eigenvalue weighted by molar-refractivity contribution is 0.474. The van der Waals surface area contributed by atoms with Gasteiger partial charge in [-0.1, -0.05) is 23.7 Å². The first-order valence-electron chi connectivity index (χ1n) is 7.72. The van der Waals surface area contributed by atoms with E-state index in [0.717, 1.165) is 4.68 Å². The molecule has 0 saturated carbocycles. The van der Waals surface area contributed by atoms with E-state index in [1.807, 2.05) is 0 Å². The molecule has 0 unspecified atom stereocenters. The Bertz CT molecular complexity index is 1180. The second kappa shape index (κ2) is 6.50. The van der Waals surface area contributed by atoms with Crippen LogP contribution in [0.4, 0.5) is 0 Å². The summed E-state index contributed by atoms with van der Waals surface area (Å²) in [5.74, 6) is 0.663. The molecule has 2 heterocycles. The number of para-hydroxylation sites is 1. The molecular formula is C19H12ClN3O3. The number of aromatic nitrogens is 2. The number of aromatic hydroxyl groups is 1. The zero-order chi connectivity index (χ0) is 18.1. The third kappa shape index (κ3) is 2.87. The third-order valence-electron chi connectivity index (χ3n) is 3.80. The van der Waals surface area contributed by atoms with E-state index >= 15 is 0 Å². The number of phenols is 1. The topological polar surface area (TPSA) is 80.6 Å². The molecule has 0 amide bonds. The van der Waals surface area contributed by atoms with Crippen molar-refractivity contribution in [1.82, 2.24) is 9.66 Å². The molecule has 0 aliphatic carbocycles. The quantitative estimate of drug-likeness (QED) is 0.558. The van der Waals surface area contributed by atoms with Crippen LogP contribution in [0.1, 0.15) is 5.56 Å². The highest BCUT2D eigenvalue weighted by Crippen LogP contribution is 2.21. The predicted molar refractivity (Wildman–Crippen MR) is 99.8 cm³/mol. The van der Waals surface area contributed by atoms with Crippen molar-refractivity contribution >= 4 is 28.7 Å². The van der Waals surface area contributed by atoms with Gasteiger partial charge >= 0.3 is 0 Å². The molecule has 6 nitrogen and oxygen atoms in total. The lowest BCUT2D eigenvalue weighted by Crippen LogP contribution is -2.20. The smallest absolute Gasteiger partial charge is 0.282 e. The standard InChI is InChI=1S/C19H12ClN3O3/c20-13-7-8-16(24)12(10-13)11-21-23-18(17-6-3-9-26-17)22-15-5-2-1-4-14(15)19(23)25/h1-11,24H/b21-11-. The van der Waals surface area contributed by atoms with Crippen molar-refractivity contribution in [2.24, 2.45) is 5.10 Å². The van der Waals surface area contributed by atoms with Crippen molar-refractivity contribution in [2.45, 2.75) is 0 Å². The number of hydrogen-bond acceptors (Lipinski definition) is 5. The number of fused-ring (bicyclic) bond motifs is 1. The van der Waals surface area contributed by atoms with Gasteiger partial charge in [0, 0.05) is 10.6 Å². The first kappa shape index (κ1) is 16.1. The number of halogens is 1. The zero-order valence-corrected chi connectivity index (χ0v) is 14.1. The minimum absolute atomic E-state index is 0.000467. The zero-order valence-electron chi connectivity index (χ0n) is 13.3. The summed E-state index contributed by atoms with van der Waals surface area (Å²) in [7, 11) is 0. The van der Waals surface area contributed by atoms with Crippen LogP contribution in [0.25, 0.3) is 22.5 Å². The van der Waals surface area contributed by atoms with Crippen LogP contribution in [0.5, 0.6) is 5.75 Å². The monoisotopic (exact) mass is 365 g/mol. The van der Waals surface area contributed by atoms with Crippen LogP contribution in [0.2, 0.25) is 5.02 Å². The Labute approximate surface area is 152 Å². The molecule has 0 spiro atoms. The van der Waals surface area contributed by atoms with E-state index in [4.69, 9.17) is 16.0 Å². The molecule has 0 fully saturated rings. The molecule has 0 aliphatic heterocycles. The summed E-state index contributed by atoms with van der Waals surface area (Å²) >= 11 is 5.95. The van der Waals surface area contributed by atoms with Crippen LogP contribution in [0.3, 0.4) is 0 Å². The highest BCUT2D eigenvalue weighted by atomic mass is 35.5. The fourth-order valence-electron chi connectivity index (χ4n) is 2.54. The third-order valence-corrected chi connectivity index (χ3v) is 4.03. The minimum atomic E-state index is -0.347. The summed E-state index contributed by atoms with van der Waals surface area (Å²) < 4.78 is 6.53. The van der Waals surface area contributed by atoms with Gasteiger partial charge in [0.1, 0.15) is 5.75 Å². The summed E-state index contributed by atoms with van der Waals surface area (Å²) in [5, 5.41) is 15.0. The molecule has 0 aliphatic rings. The summed E-state index contributed by atoms with van der Waals surface area (Å²) in [5.41, 5.74) is 0.573. The van der Waals surface area contributed by atoms with Crippen LogP contribution in [0.15, 0.2) is 75.2 Å². The Morgan fingerprint density at radius 3 is 2.81 bits per heavy atom. The molecule has 7 heteroatoms. The van der Waals surface area contributed by atoms with Gasteiger partial charge in [0.05, 0.1) is 23.4 Å². The Morgan fingerprint density at radius 2 is 2.00 bits per heavy atom. The fraction of sp³-hybridized carbons (Fsp3) is 0. The Morgan fingerprint density at radius 1 is 1.15 bits per heavy atom.